The van der Waals surface area contributed by atoms with Gasteiger partial charge in [-0.1, -0.05) is 23.7 Å². The fourth-order valence-electron chi connectivity index (χ4n) is 2.98. The molecule has 0 aromatic heterocycles. The molecule has 3 aromatic carbocycles. The quantitative estimate of drug-likeness (QED) is 0.235. The van der Waals surface area contributed by atoms with Crippen molar-refractivity contribution in [1.29, 1.82) is 0 Å². The van der Waals surface area contributed by atoms with Crippen LogP contribution in [0.1, 0.15) is 22.8 Å². The van der Waals surface area contributed by atoms with E-state index in [2.05, 4.69) is 5.32 Å². The van der Waals surface area contributed by atoms with Crippen LogP contribution in [-0.4, -0.2) is 67.3 Å². The Morgan fingerprint density at radius 3 is 2.15 bits per heavy atom. The molecule has 1 atom stereocenters. The number of halogens is 1. The van der Waals surface area contributed by atoms with Gasteiger partial charge in [0.05, 0.1) is 15.4 Å². The molecular formula is C23H23ClNNaO6S. The molecule has 10 heteroatoms. The molecule has 33 heavy (non-hydrogen) atoms. The molecule has 0 saturated heterocycles. The topological polar surface area (TPSA) is 113 Å². The van der Waals surface area contributed by atoms with E-state index in [1.54, 1.807) is 31.2 Å². The summed E-state index contributed by atoms with van der Waals surface area (Å²) in [6, 6.07) is 17.8. The molecule has 3 N–H and O–H groups in total. The Morgan fingerprint density at radius 1 is 1.03 bits per heavy atom. The van der Waals surface area contributed by atoms with Gasteiger partial charge in [-0.05, 0) is 73.2 Å². The predicted molar refractivity (Wildman–Crippen MR) is 127 cm³/mol. The van der Waals surface area contributed by atoms with Crippen molar-refractivity contribution in [3.8, 4) is 5.75 Å². The van der Waals surface area contributed by atoms with Crippen molar-refractivity contribution in [2.45, 2.75) is 22.4 Å². The van der Waals surface area contributed by atoms with Crippen LogP contribution in [0, 0.1) is 0 Å². The zero-order valence-corrected chi connectivity index (χ0v) is 18.7. The van der Waals surface area contributed by atoms with Crippen molar-refractivity contribution >= 4 is 57.0 Å². The maximum absolute atomic E-state index is 12.7. The molecule has 0 unspecified atom stereocenters. The second-order valence-corrected chi connectivity index (χ2v) is 9.55. The molecule has 0 aliphatic heterocycles. The molecule has 0 amide bonds. The first-order valence-electron chi connectivity index (χ1n) is 9.64. The first-order valence-corrected chi connectivity index (χ1v) is 11.5. The second-order valence-electron chi connectivity index (χ2n) is 7.16. The van der Waals surface area contributed by atoms with E-state index in [-0.39, 0.29) is 51.5 Å². The number of hydrogen-bond donors (Lipinski definition) is 3. The summed E-state index contributed by atoms with van der Waals surface area (Å²) in [6.45, 7) is 2.18. The van der Waals surface area contributed by atoms with E-state index in [1.807, 2.05) is 0 Å². The van der Waals surface area contributed by atoms with E-state index in [4.69, 9.17) is 21.4 Å². The Kier molecular flexibility index (Phi) is 9.51. The van der Waals surface area contributed by atoms with Crippen LogP contribution < -0.4 is 10.1 Å². The Balaban J connectivity index is 0.00000385. The van der Waals surface area contributed by atoms with Crippen LogP contribution in [0.5, 0.6) is 5.75 Å². The van der Waals surface area contributed by atoms with Crippen LogP contribution in [0.2, 0.25) is 5.02 Å². The molecule has 0 fully saturated rings. The Labute approximate surface area is 219 Å². The number of carboxylic acids is 1. The minimum atomic E-state index is -3.78. The molecule has 3 aromatic rings. The van der Waals surface area contributed by atoms with Crippen molar-refractivity contribution in [1.82, 2.24) is 5.32 Å². The second kappa shape index (κ2) is 11.5. The summed E-state index contributed by atoms with van der Waals surface area (Å²) in [4.78, 5) is 11.0. The van der Waals surface area contributed by atoms with E-state index in [9.17, 15) is 18.3 Å². The number of nitrogens with one attached hydrogen (secondary N) is 1. The zero-order chi connectivity index (χ0) is 23.4. The molecular weight excluding hydrogens is 477 g/mol. The third kappa shape index (κ3) is 7.04. The number of ether oxygens (including phenoxy) is 1. The Morgan fingerprint density at radius 2 is 1.61 bits per heavy atom. The van der Waals surface area contributed by atoms with Gasteiger partial charge in [-0.3, -0.25) is 5.32 Å². The minimum absolute atomic E-state index is 0. The molecule has 7 nitrogen and oxygen atoms in total. The van der Waals surface area contributed by atoms with Crippen LogP contribution in [0.25, 0.3) is 0 Å². The van der Waals surface area contributed by atoms with Crippen molar-refractivity contribution in [2.75, 3.05) is 13.2 Å². The summed E-state index contributed by atoms with van der Waals surface area (Å²) in [5.41, 5.74) is -0.658. The van der Waals surface area contributed by atoms with Crippen molar-refractivity contribution in [2.24, 2.45) is 0 Å². The van der Waals surface area contributed by atoms with Crippen molar-refractivity contribution < 1.29 is 28.2 Å². The number of sulfone groups is 1. The molecule has 170 valence electrons. The van der Waals surface area contributed by atoms with E-state index in [1.165, 1.54) is 48.5 Å². The zero-order valence-electron chi connectivity index (χ0n) is 17.2. The van der Waals surface area contributed by atoms with E-state index in [0.717, 1.165) is 0 Å². The number of carboxylic acid groups (broad SMARTS) is 1. The SMILES string of the molecule is C[C@@](O)(NCCOc1ccc(S(=O)(=O)c2ccc(C(=O)O)cc2)cc1)c1cccc(Cl)c1.[NaH]. The first kappa shape index (κ1) is 27.3. The number of carbonyl (C=O) groups is 1. The van der Waals surface area contributed by atoms with Crippen LogP contribution in [0.3, 0.4) is 0 Å². The maximum atomic E-state index is 12.7. The number of aromatic carboxylic acids is 1. The number of aliphatic hydroxyl groups is 1. The average molecular weight is 500 g/mol. The van der Waals surface area contributed by atoms with E-state index >= 15 is 0 Å². The summed E-state index contributed by atoms with van der Waals surface area (Å²) in [5, 5.41) is 23.0. The molecule has 3 rings (SSSR count). The van der Waals surface area contributed by atoms with Gasteiger partial charge in [0.25, 0.3) is 0 Å². The molecule has 0 radical (unpaired) electrons. The third-order valence-electron chi connectivity index (χ3n) is 4.77. The summed E-state index contributed by atoms with van der Waals surface area (Å²) in [5.74, 6) is -0.659. The van der Waals surface area contributed by atoms with Crippen LogP contribution in [0.4, 0.5) is 0 Å². The van der Waals surface area contributed by atoms with Crippen molar-refractivity contribution in [3.63, 3.8) is 0 Å². The van der Waals surface area contributed by atoms with Gasteiger partial charge in [0.2, 0.25) is 9.84 Å². The number of benzene rings is 3. The standard InChI is InChI=1S/C23H22ClNO6S.Na.H/c1-23(28,17-3-2-4-18(24)15-17)25-13-14-31-19-7-11-21(12-8-19)32(29,30)20-9-5-16(6-10-20)22(26)27;;/h2-12,15,25,28H,13-14H2,1H3,(H,26,27);;/t23-;;/m0../s1. The molecule has 0 heterocycles. The van der Waals surface area contributed by atoms with E-state index < -0.39 is 21.5 Å². The average Bonchev–Trinajstić information content (AvgIpc) is 2.77. The normalized spacial score (nSPS) is 12.9. The number of rotatable bonds is 9. The van der Waals surface area contributed by atoms with Gasteiger partial charge in [-0.15, -0.1) is 0 Å². The van der Waals surface area contributed by atoms with Gasteiger partial charge in [0.15, 0.2) is 0 Å². The van der Waals surface area contributed by atoms with E-state index in [0.29, 0.717) is 22.9 Å². The predicted octanol–water partition coefficient (Wildman–Crippen LogP) is 3.06. The van der Waals surface area contributed by atoms with Gasteiger partial charge < -0.3 is 14.9 Å². The molecule has 0 spiro atoms. The van der Waals surface area contributed by atoms with Gasteiger partial charge in [0, 0.05) is 11.6 Å². The molecule has 0 aliphatic rings. The molecule has 0 aliphatic carbocycles. The van der Waals surface area contributed by atoms with Crippen molar-refractivity contribution in [3.05, 3.63) is 88.9 Å². The summed E-state index contributed by atoms with van der Waals surface area (Å²) >= 11 is 5.97. The Hall–Kier alpha value is -1.91. The van der Waals surface area contributed by atoms with Gasteiger partial charge in [-0.2, -0.15) is 0 Å². The first-order chi connectivity index (χ1) is 15.1. The van der Waals surface area contributed by atoms with Gasteiger partial charge >= 0.3 is 35.5 Å². The fraction of sp³-hybridized carbons (Fsp3) is 0.174. The summed E-state index contributed by atoms with van der Waals surface area (Å²) in [6.07, 6.45) is 0. The molecule has 0 saturated carbocycles. The summed E-state index contributed by atoms with van der Waals surface area (Å²) in [7, 11) is -3.78. The van der Waals surface area contributed by atoms with Gasteiger partial charge in [0.1, 0.15) is 18.1 Å². The number of hydrogen-bond acceptors (Lipinski definition) is 6. The fourth-order valence-corrected chi connectivity index (χ4v) is 4.44. The van der Waals surface area contributed by atoms with Crippen LogP contribution >= 0.6 is 11.6 Å². The monoisotopic (exact) mass is 499 g/mol. The third-order valence-corrected chi connectivity index (χ3v) is 6.79. The van der Waals surface area contributed by atoms with Crippen LogP contribution in [0.15, 0.2) is 82.6 Å². The summed E-state index contributed by atoms with van der Waals surface area (Å²) < 4.78 is 31.1. The van der Waals surface area contributed by atoms with Crippen LogP contribution in [-0.2, 0) is 15.6 Å². The molecule has 0 bridgehead atoms. The Bertz CT molecular complexity index is 1200. The van der Waals surface area contributed by atoms with Gasteiger partial charge in [-0.25, -0.2) is 13.2 Å².